The van der Waals surface area contributed by atoms with E-state index in [-0.39, 0.29) is 5.58 Å². The number of hydrogen-bond donors (Lipinski definition) is 0. The van der Waals surface area contributed by atoms with Crippen molar-refractivity contribution in [1.82, 2.24) is 10.1 Å². The lowest BCUT2D eigenvalue weighted by Crippen LogP contribution is -2.42. The van der Waals surface area contributed by atoms with Gasteiger partial charge in [0.05, 0.1) is 17.4 Å². The molecule has 126 valence electrons. The van der Waals surface area contributed by atoms with E-state index in [9.17, 15) is 4.39 Å². The number of benzene rings is 1. The number of furan rings is 1. The van der Waals surface area contributed by atoms with Gasteiger partial charge in [0.2, 0.25) is 0 Å². The molecular weight excluding hydrogens is 311 g/mol. The first-order valence-electron chi connectivity index (χ1n) is 8.34. The second-order valence-electron chi connectivity index (χ2n) is 6.35. The highest BCUT2D eigenvalue weighted by Crippen LogP contribution is 2.42. The van der Waals surface area contributed by atoms with Crippen LogP contribution in [-0.2, 0) is 4.74 Å². The maximum atomic E-state index is 13.3. The van der Waals surface area contributed by atoms with E-state index in [2.05, 4.69) is 10.1 Å². The zero-order valence-corrected chi connectivity index (χ0v) is 13.3. The maximum Gasteiger partial charge on any atom is 0.258 e. The molecule has 1 aliphatic carbocycles. The second-order valence-corrected chi connectivity index (χ2v) is 6.35. The summed E-state index contributed by atoms with van der Waals surface area (Å²) in [6.45, 7) is 1.03. The van der Waals surface area contributed by atoms with E-state index < -0.39 is 5.82 Å². The van der Waals surface area contributed by atoms with Gasteiger partial charge in [-0.2, -0.15) is 4.98 Å². The first kappa shape index (κ1) is 15.3. The van der Waals surface area contributed by atoms with Crippen molar-refractivity contribution in [3.63, 3.8) is 0 Å². The number of nitrogens with zero attached hydrogens (tertiary/aromatic N) is 2. The van der Waals surface area contributed by atoms with Crippen molar-refractivity contribution in [3.05, 3.63) is 36.6 Å². The summed E-state index contributed by atoms with van der Waals surface area (Å²) in [6.07, 6.45) is 10.8. The van der Waals surface area contributed by atoms with Gasteiger partial charge in [-0.05, 0) is 56.7 Å². The van der Waals surface area contributed by atoms with E-state index in [1.807, 2.05) is 0 Å². The minimum Gasteiger partial charge on any atom is -0.461 e. The second kappa shape index (κ2) is 6.36. The van der Waals surface area contributed by atoms with Crippen LogP contribution in [0.5, 0.6) is 0 Å². The molecule has 2 fully saturated rings. The van der Waals surface area contributed by atoms with Crippen LogP contribution in [-0.4, -0.2) is 22.3 Å². The largest absolute Gasteiger partial charge is 0.461 e. The lowest BCUT2D eigenvalue weighted by molar-refractivity contribution is -0.127. The summed E-state index contributed by atoms with van der Waals surface area (Å²) >= 11 is 0. The predicted molar refractivity (Wildman–Crippen MR) is 85.8 cm³/mol. The van der Waals surface area contributed by atoms with Crippen LogP contribution >= 0.6 is 0 Å². The van der Waals surface area contributed by atoms with Crippen LogP contribution in [0.3, 0.4) is 0 Å². The normalized spacial score (nSPS) is 18.9. The molecule has 0 amide bonds. The molecule has 0 radical (unpaired) electrons. The lowest BCUT2D eigenvalue weighted by atomic mass is 9.75. The van der Waals surface area contributed by atoms with Crippen LogP contribution in [0.25, 0.3) is 22.4 Å². The molecule has 3 heterocycles. The fourth-order valence-electron chi connectivity index (χ4n) is 3.38. The molecule has 3 aromatic rings. The standard InChI is InChI=1S/C10H5FN2O2.C8H14O/c11-8-2-1-7(10-12-5-13-15-10)6-3-4-14-9(6)8;1-2-7-9-8(4-1)5-3-6-8/h1-5H;1-7H2. The van der Waals surface area contributed by atoms with Gasteiger partial charge in [-0.15, -0.1) is 0 Å². The molecule has 6 heteroatoms. The molecule has 1 saturated carbocycles. The van der Waals surface area contributed by atoms with Crippen molar-refractivity contribution in [2.45, 2.75) is 44.1 Å². The molecule has 2 aliphatic rings. The Kier molecular flexibility index (Phi) is 4.06. The Morgan fingerprint density at radius 3 is 2.54 bits per heavy atom. The minimum absolute atomic E-state index is 0.200. The summed E-state index contributed by atoms with van der Waals surface area (Å²) in [6, 6.07) is 4.56. The van der Waals surface area contributed by atoms with Crippen molar-refractivity contribution < 1.29 is 18.1 Å². The van der Waals surface area contributed by atoms with Crippen molar-refractivity contribution in [2.24, 2.45) is 0 Å². The monoisotopic (exact) mass is 330 g/mol. The molecule has 0 unspecified atom stereocenters. The highest BCUT2D eigenvalue weighted by atomic mass is 19.1. The van der Waals surface area contributed by atoms with Gasteiger partial charge in [-0.25, -0.2) is 4.39 Å². The van der Waals surface area contributed by atoms with Gasteiger partial charge in [0.1, 0.15) is 0 Å². The van der Waals surface area contributed by atoms with Crippen LogP contribution in [0.15, 0.2) is 39.7 Å². The average Bonchev–Trinajstić information content (AvgIpc) is 3.27. The van der Waals surface area contributed by atoms with Gasteiger partial charge in [0.15, 0.2) is 17.7 Å². The number of fused-ring (bicyclic) bond motifs is 1. The zero-order valence-electron chi connectivity index (χ0n) is 13.3. The molecule has 1 saturated heterocycles. The van der Waals surface area contributed by atoms with E-state index in [0.29, 0.717) is 22.4 Å². The van der Waals surface area contributed by atoms with Crippen molar-refractivity contribution in [3.8, 4) is 11.5 Å². The molecule has 1 spiro atoms. The lowest BCUT2D eigenvalue weighted by Gasteiger charge is -2.44. The summed E-state index contributed by atoms with van der Waals surface area (Å²) in [7, 11) is 0. The number of rotatable bonds is 1. The topological polar surface area (TPSA) is 61.3 Å². The fraction of sp³-hybridized carbons (Fsp3) is 0.444. The van der Waals surface area contributed by atoms with Gasteiger partial charge in [-0.3, -0.25) is 0 Å². The molecule has 5 nitrogen and oxygen atoms in total. The van der Waals surface area contributed by atoms with Crippen LogP contribution in [0.2, 0.25) is 0 Å². The molecule has 0 N–H and O–H groups in total. The van der Waals surface area contributed by atoms with Crippen molar-refractivity contribution >= 4 is 11.0 Å². The molecule has 2 aromatic heterocycles. The quantitative estimate of drug-likeness (QED) is 0.645. The van der Waals surface area contributed by atoms with E-state index in [1.165, 1.54) is 57.2 Å². The molecular formula is C18H19FN2O3. The Labute approximate surface area is 138 Å². The highest BCUT2D eigenvalue weighted by Gasteiger charge is 2.38. The van der Waals surface area contributed by atoms with Crippen LogP contribution in [0.4, 0.5) is 4.39 Å². The van der Waals surface area contributed by atoms with Crippen LogP contribution in [0.1, 0.15) is 38.5 Å². The molecule has 5 rings (SSSR count). The fourth-order valence-corrected chi connectivity index (χ4v) is 3.38. The Morgan fingerprint density at radius 2 is 1.92 bits per heavy atom. The third kappa shape index (κ3) is 2.82. The first-order chi connectivity index (χ1) is 11.8. The van der Waals surface area contributed by atoms with E-state index >= 15 is 0 Å². The number of hydrogen-bond acceptors (Lipinski definition) is 5. The van der Waals surface area contributed by atoms with Crippen molar-refractivity contribution in [2.75, 3.05) is 6.61 Å². The van der Waals surface area contributed by atoms with E-state index in [0.717, 1.165) is 6.61 Å². The Balaban J connectivity index is 0.000000138. The van der Waals surface area contributed by atoms with Crippen molar-refractivity contribution in [1.29, 1.82) is 0 Å². The summed E-state index contributed by atoms with van der Waals surface area (Å²) in [5.41, 5.74) is 1.27. The maximum absolute atomic E-state index is 13.3. The molecule has 24 heavy (non-hydrogen) atoms. The van der Waals surface area contributed by atoms with Gasteiger partial charge < -0.3 is 13.7 Å². The predicted octanol–water partition coefficient (Wildman–Crippen LogP) is 4.73. The number of halogens is 1. The zero-order chi connectivity index (χ0) is 16.4. The summed E-state index contributed by atoms with van der Waals surface area (Å²) in [4.78, 5) is 3.90. The summed E-state index contributed by atoms with van der Waals surface area (Å²) in [5.74, 6) is -0.0559. The van der Waals surface area contributed by atoms with Crippen LogP contribution < -0.4 is 0 Å². The number of ether oxygens (including phenoxy) is 1. The molecule has 1 aliphatic heterocycles. The molecule has 0 atom stereocenters. The average molecular weight is 330 g/mol. The number of aromatic nitrogens is 2. The first-order valence-corrected chi connectivity index (χ1v) is 8.34. The van der Waals surface area contributed by atoms with Gasteiger partial charge in [0.25, 0.3) is 5.89 Å². The SMILES string of the molecule is C1CCC2(CCC2)OC1.Fc1ccc(-c2ncno2)c2ccoc12. The summed E-state index contributed by atoms with van der Waals surface area (Å²) in [5, 5.41) is 4.13. The van der Waals surface area contributed by atoms with Gasteiger partial charge in [0, 0.05) is 12.0 Å². The Hall–Kier alpha value is -2.21. The third-order valence-corrected chi connectivity index (χ3v) is 4.86. The van der Waals surface area contributed by atoms with Gasteiger partial charge in [-0.1, -0.05) is 5.16 Å². The van der Waals surface area contributed by atoms with E-state index in [4.69, 9.17) is 13.7 Å². The third-order valence-electron chi connectivity index (χ3n) is 4.86. The van der Waals surface area contributed by atoms with E-state index in [1.54, 1.807) is 12.1 Å². The smallest absolute Gasteiger partial charge is 0.258 e. The highest BCUT2D eigenvalue weighted by molar-refractivity contribution is 5.91. The molecule has 0 bridgehead atoms. The Morgan fingerprint density at radius 1 is 1.04 bits per heavy atom. The van der Waals surface area contributed by atoms with Gasteiger partial charge >= 0.3 is 0 Å². The van der Waals surface area contributed by atoms with Crippen LogP contribution in [0, 0.1) is 5.82 Å². The summed E-state index contributed by atoms with van der Waals surface area (Å²) < 4.78 is 28.9. The Bertz CT molecular complexity index is 801. The molecule has 1 aromatic carbocycles. The minimum atomic E-state index is -0.404.